The predicted molar refractivity (Wildman–Crippen MR) is 159 cm³/mol. The zero-order chi connectivity index (χ0) is 27.3. The lowest BCUT2D eigenvalue weighted by Gasteiger charge is -2.40. The van der Waals surface area contributed by atoms with Crippen molar-refractivity contribution >= 4 is 22.4 Å². The van der Waals surface area contributed by atoms with Crippen molar-refractivity contribution in [2.75, 3.05) is 0 Å². The van der Waals surface area contributed by atoms with Gasteiger partial charge in [-0.2, -0.15) is 0 Å². The van der Waals surface area contributed by atoms with E-state index in [1.54, 1.807) is 0 Å². The minimum absolute atomic E-state index is 0.132. The van der Waals surface area contributed by atoms with Gasteiger partial charge in [0.2, 0.25) is 0 Å². The summed E-state index contributed by atoms with van der Waals surface area (Å²) in [5, 5.41) is 0. The first-order chi connectivity index (χ1) is 16.3. The van der Waals surface area contributed by atoms with Gasteiger partial charge in [0.1, 0.15) is 5.75 Å². The third-order valence-corrected chi connectivity index (χ3v) is 10.9. The minimum Gasteiger partial charge on any atom is -0.427 e. The van der Waals surface area contributed by atoms with Crippen LogP contribution in [0, 0.1) is 0 Å². The maximum absolute atomic E-state index is 11.1. The molecule has 3 nitrogen and oxygen atoms in total. The first kappa shape index (κ1) is 33.3. The molecule has 0 aliphatic heterocycles. The molecule has 0 atom stereocenters. The second-order valence-corrected chi connectivity index (χ2v) is 19.8. The van der Waals surface area contributed by atoms with E-state index in [0.29, 0.717) is 5.75 Å². The average Bonchev–Trinajstić information content (AvgIpc) is 2.76. The second kappa shape index (κ2) is 15.4. The van der Waals surface area contributed by atoms with Crippen LogP contribution < -0.4 is 4.74 Å². The van der Waals surface area contributed by atoms with E-state index in [1.165, 1.54) is 23.6 Å². The molecule has 0 fully saturated rings. The van der Waals surface area contributed by atoms with Gasteiger partial charge in [0.05, 0.1) is 8.07 Å². The number of esters is 1. The number of hydrogen-bond acceptors (Lipinski definition) is 3. The fourth-order valence-corrected chi connectivity index (χ4v) is 11.7. The van der Waals surface area contributed by atoms with Gasteiger partial charge in [0.25, 0.3) is 0 Å². The first-order valence-electron chi connectivity index (χ1n) is 13.3. The number of hydrogen-bond donors (Lipinski definition) is 0. The largest absolute Gasteiger partial charge is 0.427 e. The average molecular weight is 517 g/mol. The van der Waals surface area contributed by atoms with Gasteiger partial charge in [-0.05, 0) is 74.8 Å². The van der Waals surface area contributed by atoms with E-state index < -0.39 is 16.4 Å². The van der Waals surface area contributed by atoms with Crippen LogP contribution in [0.15, 0.2) is 48.5 Å². The molecule has 0 heterocycles. The van der Waals surface area contributed by atoms with Crippen molar-refractivity contribution in [3.05, 3.63) is 65.2 Å². The highest BCUT2D eigenvalue weighted by atomic mass is 28.4. The third-order valence-electron chi connectivity index (χ3n) is 5.39. The monoisotopic (exact) mass is 516 g/mol. The lowest BCUT2D eigenvalue weighted by molar-refractivity contribution is -0.131. The summed E-state index contributed by atoms with van der Waals surface area (Å²) in [5.74, 6) is 0.327. The summed E-state index contributed by atoms with van der Waals surface area (Å²) in [5.41, 5.74) is 3.94. The number of carbonyl (C=O) groups is 1. The Bertz CT molecular complexity index is 854. The molecule has 0 amide bonds. The van der Waals surface area contributed by atoms with Crippen LogP contribution in [0.5, 0.6) is 5.75 Å². The third kappa shape index (κ3) is 13.8. The van der Waals surface area contributed by atoms with Crippen molar-refractivity contribution in [2.45, 2.75) is 112 Å². The van der Waals surface area contributed by atoms with Crippen LogP contribution in [0.1, 0.15) is 72.1 Å². The number of carbonyl (C=O) groups excluding carboxylic acids is 1. The summed E-state index contributed by atoms with van der Waals surface area (Å²) in [6.07, 6.45) is 1.08. The SMILES string of the molecule is CC.CC.CCc1ccc(C[Si](C)(C)OC(C)(C)C[Si](C)(C)Cc2ccc(OC(C)=O)cc2)cc1. The van der Waals surface area contributed by atoms with E-state index in [0.717, 1.165) is 24.6 Å². The molecule has 0 radical (unpaired) electrons. The van der Waals surface area contributed by atoms with Crippen molar-refractivity contribution in [1.29, 1.82) is 0 Å². The van der Waals surface area contributed by atoms with E-state index >= 15 is 0 Å². The number of aryl methyl sites for hydroxylation is 1. The van der Waals surface area contributed by atoms with Gasteiger partial charge < -0.3 is 9.16 Å². The molecular weight excluding hydrogens is 464 g/mol. The Morgan fingerprint density at radius 2 is 1.20 bits per heavy atom. The Morgan fingerprint density at radius 3 is 1.66 bits per heavy atom. The summed E-state index contributed by atoms with van der Waals surface area (Å²) in [4.78, 5) is 11.1. The second-order valence-electron chi connectivity index (χ2n) is 10.7. The molecule has 0 aliphatic rings. The summed E-state index contributed by atoms with van der Waals surface area (Å²) < 4.78 is 12.0. The molecule has 35 heavy (non-hydrogen) atoms. The molecule has 0 N–H and O–H groups in total. The molecule has 2 rings (SSSR count). The van der Waals surface area contributed by atoms with Gasteiger partial charge >= 0.3 is 5.97 Å². The molecule has 2 aromatic carbocycles. The zero-order valence-corrected chi connectivity index (χ0v) is 26.7. The van der Waals surface area contributed by atoms with Crippen LogP contribution in [0.3, 0.4) is 0 Å². The van der Waals surface area contributed by atoms with Gasteiger partial charge in [-0.1, -0.05) is 89.7 Å². The molecular formula is C30H52O3Si2. The van der Waals surface area contributed by atoms with Gasteiger partial charge in [0, 0.05) is 12.5 Å². The number of rotatable bonds is 10. The van der Waals surface area contributed by atoms with Crippen molar-refractivity contribution < 1.29 is 14.0 Å². The lowest BCUT2D eigenvalue weighted by atomic mass is 10.1. The molecule has 198 valence electrons. The quantitative estimate of drug-likeness (QED) is 0.180. The van der Waals surface area contributed by atoms with E-state index in [4.69, 9.17) is 9.16 Å². The molecule has 0 spiro atoms. The van der Waals surface area contributed by atoms with Crippen LogP contribution in [0.2, 0.25) is 32.2 Å². The van der Waals surface area contributed by atoms with Crippen molar-refractivity contribution in [3.63, 3.8) is 0 Å². The van der Waals surface area contributed by atoms with E-state index in [1.807, 2.05) is 39.8 Å². The van der Waals surface area contributed by atoms with Gasteiger partial charge in [-0.15, -0.1) is 0 Å². The van der Waals surface area contributed by atoms with Crippen LogP contribution in [-0.2, 0) is 27.7 Å². The van der Waals surface area contributed by atoms with Gasteiger partial charge in [-0.25, -0.2) is 0 Å². The van der Waals surface area contributed by atoms with Crippen molar-refractivity contribution in [2.24, 2.45) is 0 Å². The Morgan fingerprint density at radius 1 is 0.771 bits per heavy atom. The first-order valence-corrected chi connectivity index (χ1v) is 19.9. The molecule has 0 saturated carbocycles. The molecule has 0 bridgehead atoms. The van der Waals surface area contributed by atoms with Crippen LogP contribution in [-0.4, -0.2) is 28.0 Å². The molecule has 5 heteroatoms. The predicted octanol–water partition coefficient (Wildman–Crippen LogP) is 8.80. The molecule has 0 saturated heterocycles. The van der Waals surface area contributed by atoms with Crippen LogP contribution in [0.4, 0.5) is 0 Å². The Balaban J connectivity index is 0.00000274. The van der Waals surface area contributed by atoms with Crippen molar-refractivity contribution in [3.8, 4) is 5.75 Å². The van der Waals surface area contributed by atoms with Gasteiger partial charge in [0.15, 0.2) is 8.32 Å². The molecule has 0 aromatic heterocycles. The normalized spacial score (nSPS) is 11.5. The summed E-state index contributed by atoms with van der Waals surface area (Å²) in [7, 11) is -3.39. The summed E-state index contributed by atoms with van der Waals surface area (Å²) in [6, 6.07) is 20.2. The van der Waals surface area contributed by atoms with Crippen LogP contribution in [0.25, 0.3) is 0 Å². The highest BCUT2D eigenvalue weighted by molar-refractivity contribution is 6.77. The van der Waals surface area contributed by atoms with Gasteiger partial charge in [-0.3, -0.25) is 4.79 Å². The number of benzene rings is 2. The standard InChI is InChI=1S/C26H40O3Si2.2C2H6/c1-9-22-10-12-24(13-11-22)19-31(7,8)29-26(3,4)20-30(5,6)18-23-14-16-25(17-15-23)28-21(2)27;2*1-2/h10-17H,9,18-20H2,1-8H3;2*1-2H3. The Hall–Kier alpha value is -1.70. The molecule has 0 aliphatic carbocycles. The maximum atomic E-state index is 11.1. The summed E-state index contributed by atoms with van der Waals surface area (Å²) in [6.45, 7) is 25.7. The van der Waals surface area contributed by atoms with Crippen LogP contribution >= 0.6 is 0 Å². The maximum Gasteiger partial charge on any atom is 0.308 e. The molecule has 2 aromatic rings. The topological polar surface area (TPSA) is 35.5 Å². The van der Waals surface area contributed by atoms with E-state index in [2.05, 4.69) is 83.4 Å². The highest BCUT2D eigenvalue weighted by Crippen LogP contribution is 2.31. The highest BCUT2D eigenvalue weighted by Gasteiger charge is 2.36. The molecule has 0 unspecified atom stereocenters. The minimum atomic E-state index is -1.85. The fraction of sp³-hybridized carbons (Fsp3) is 0.567. The lowest BCUT2D eigenvalue weighted by Crippen LogP contribution is -2.47. The van der Waals surface area contributed by atoms with Crippen molar-refractivity contribution in [1.82, 2.24) is 0 Å². The zero-order valence-electron chi connectivity index (χ0n) is 24.7. The van der Waals surface area contributed by atoms with E-state index in [-0.39, 0.29) is 11.6 Å². The summed E-state index contributed by atoms with van der Waals surface area (Å²) >= 11 is 0. The Kier molecular flexibility index (Phi) is 14.7. The van der Waals surface area contributed by atoms with E-state index in [9.17, 15) is 4.79 Å². The fourth-order valence-electron chi connectivity index (χ4n) is 4.81. The Labute approximate surface area is 218 Å². The smallest absolute Gasteiger partial charge is 0.308 e. The number of ether oxygens (including phenoxy) is 1.